The van der Waals surface area contributed by atoms with Crippen LogP contribution in [0.5, 0.6) is 0 Å². The largest absolute Gasteiger partial charge is 0.379 e. The van der Waals surface area contributed by atoms with Gasteiger partial charge < -0.3 is 9.72 Å². The van der Waals surface area contributed by atoms with Gasteiger partial charge in [-0.15, -0.1) is 0 Å². The second-order valence-corrected chi connectivity index (χ2v) is 4.95. The molecule has 0 radical (unpaired) electrons. The molecule has 0 amide bonds. The quantitative estimate of drug-likeness (QED) is 0.783. The summed E-state index contributed by atoms with van der Waals surface area (Å²) in [6.45, 7) is 2.79. The molecule has 3 nitrogen and oxygen atoms in total. The van der Waals surface area contributed by atoms with Crippen molar-refractivity contribution in [1.29, 1.82) is 0 Å². The maximum absolute atomic E-state index is 5.96. The van der Waals surface area contributed by atoms with Gasteiger partial charge in [-0.1, -0.05) is 29.8 Å². The number of nitrogens with zero attached hydrogens (tertiary/aromatic N) is 2. The van der Waals surface area contributed by atoms with E-state index in [2.05, 4.69) is 29.4 Å². The summed E-state index contributed by atoms with van der Waals surface area (Å²) in [6, 6.07) is 12.0. The van der Waals surface area contributed by atoms with Crippen LogP contribution in [-0.2, 0) is 6.54 Å². The van der Waals surface area contributed by atoms with Crippen molar-refractivity contribution in [3.8, 4) is 0 Å². The van der Waals surface area contributed by atoms with Crippen LogP contribution in [-0.4, -0.2) is 9.38 Å². The van der Waals surface area contributed by atoms with Crippen molar-refractivity contribution < 1.29 is 0 Å². The zero-order chi connectivity index (χ0) is 13.2. The number of para-hydroxylation sites is 1. The Balaban J connectivity index is 1.80. The summed E-state index contributed by atoms with van der Waals surface area (Å²) in [4.78, 5) is 4.54. The average molecular weight is 272 g/mol. The summed E-state index contributed by atoms with van der Waals surface area (Å²) in [5.41, 5.74) is 4.27. The Hall–Kier alpha value is -2.00. The summed E-state index contributed by atoms with van der Waals surface area (Å²) in [5, 5.41) is 4.11. The molecule has 0 aliphatic heterocycles. The predicted octanol–water partition coefficient (Wildman–Crippen LogP) is 3.91. The number of pyridine rings is 1. The molecule has 0 fully saturated rings. The SMILES string of the molecule is Cc1ccccc1NCc1cn2cc(Cl)ccc2n1. The molecule has 1 aromatic carbocycles. The Labute approximate surface area is 116 Å². The molecule has 0 saturated heterocycles. The van der Waals surface area contributed by atoms with Crippen LogP contribution in [0.15, 0.2) is 48.8 Å². The second-order valence-electron chi connectivity index (χ2n) is 4.51. The standard InChI is InChI=1S/C15H14ClN3/c1-11-4-2-3-5-14(11)17-8-13-10-19-9-12(16)6-7-15(19)18-13/h2-7,9-10,17H,8H2,1H3. The van der Waals surface area contributed by atoms with Crippen LogP contribution in [0.25, 0.3) is 5.65 Å². The Morgan fingerprint density at radius 1 is 1.16 bits per heavy atom. The van der Waals surface area contributed by atoms with Crippen LogP contribution in [0, 0.1) is 6.92 Å². The number of halogens is 1. The smallest absolute Gasteiger partial charge is 0.137 e. The zero-order valence-electron chi connectivity index (χ0n) is 10.6. The van der Waals surface area contributed by atoms with Crippen LogP contribution in [0.2, 0.25) is 5.02 Å². The van der Waals surface area contributed by atoms with E-state index in [4.69, 9.17) is 11.6 Å². The summed E-state index contributed by atoms with van der Waals surface area (Å²) in [7, 11) is 0. The lowest BCUT2D eigenvalue weighted by molar-refractivity contribution is 1.07. The summed E-state index contributed by atoms with van der Waals surface area (Å²) < 4.78 is 1.94. The molecule has 3 aromatic rings. The lowest BCUT2D eigenvalue weighted by atomic mass is 10.2. The monoisotopic (exact) mass is 271 g/mol. The molecule has 0 spiro atoms. The van der Waals surface area contributed by atoms with E-state index in [0.717, 1.165) is 17.0 Å². The predicted molar refractivity (Wildman–Crippen MR) is 78.7 cm³/mol. The Morgan fingerprint density at radius 2 is 2.00 bits per heavy atom. The minimum absolute atomic E-state index is 0.699. The fourth-order valence-corrected chi connectivity index (χ4v) is 2.23. The molecule has 0 bridgehead atoms. The first-order valence-corrected chi connectivity index (χ1v) is 6.53. The first kappa shape index (κ1) is 12.1. The number of aryl methyl sites for hydroxylation is 1. The number of aromatic nitrogens is 2. The van der Waals surface area contributed by atoms with Crippen molar-refractivity contribution in [3.05, 3.63) is 65.1 Å². The van der Waals surface area contributed by atoms with Gasteiger partial charge in [0.1, 0.15) is 5.65 Å². The number of anilines is 1. The van der Waals surface area contributed by atoms with Gasteiger partial charge in [0.2, 0.25) is 0 Å². The molecule has 0 aliphatic rings. The lowest BCUT2D eigenvalue weighted by Gasteiger charge is -2.06. The third-order valence-corrected chi connectivity index (χ3v) is 3.29. The van der Waals surface area contributed by atoms with Gasteiger partial charge in [-0.25, -0.2) is 4.98 Å². The molecule has 0 atom stereocenters. The van der Waals surface area contributed by atoms with Crippen molar-refractivity contribution in [1.82, 2.24) is 9.38 Å². The molecule has 19 heavy (non-hydrogen) atoms. The Bertz CT molecular complexity index is 718. The van der Waals surface area contributed by atoms with Crippen molar-refractivity contribution >= 4 is 22.9 Å². The molecular weight excluding hydrogens is 258 g/mol. The highest BCUT2D eigenvalue weighted by Crippen LogP contribution is 2.15. The first-order valence-electron chi connectivity index (χ1n) is 6.15. The molecule has 4 heteroatoms. The van der Waals surface area contributed by atoms with Crippen molar-refractivity contribution in [2.45, 2.75) is 13.5 Å². The number of fused-ring (bicyclic) bond motifs is 1. The Kier molecular flexibility index (Phi) is 3.13. The van der Waals surface area contributed by atoms with Crippen LogP contribution in [0.4, 0.5) is 5.69 Å². The number of imidazole rings is 1. The lowest BCUT2D eigenvalue weighted by Crippen LogP contribution is -2.00. The third-order valence-electron chi connectivity index (χ3n) is 3.07. The van der Waals surface area contributed by atoms with Crippen molar-refractivity contribution in [2.75, 3.05) is 5.32 Å². The van der Waals surface area contributed by atoms with Crippen LogP contribution in [0.1, 0.15) is 11.3 Å². The van der Waals surface area contributed by atoms with Crippen LogP contribution < -0.4 is 5.32 Å². The van der Waals surface area contributed by atoms with Gasteiger partial charge >= 0.3 is 0 Å². The minimum atomic E-state index is 0.699. The number of rotatable bonds is 3. The second kappa shape index (κ2) is 4.94. The first-order chi connectivity index (χ1) is 9.22. The molecule has 0 aliphatic carbocycles. The number of hydrogen-bond acceptors (Lipinski definition) is 2. The third kappa shape index (κ3) is 2.56. The minimum Gasteiger partial charge on any atom is -0.379 e. The number of hydrogen-bond donors (Lipinski definition) is 1. The van der Waals surface area contributed by atoms with E-state index in [1.807, 2.05) is 41.1 Å². The van der Waals surface area contributed by atoms with Gasteiger partial charge in [0.25, 0.3) is 0 Å². The van der Waals surface area contributed by atoms with Crippen LogP contribution in [0.3, 0.4) is 0 Å². The zero-order valence-corrected chi connectivity index (χ0v) is 11.4. The normalized spacial score (nSPS) is 10.8. The van der Waals surface area contributed by atoms with E-state index in [-0.39, 0.29) is 0 Å². The number of nitrogens with one attached hydrogen (secondary N) is 1. The van der Waals surface area contributed by atoms with Gasteiger partial charge in [0.15, 0.2) is 0 Å². The van der Waals surface area contributed by atoms with E-state index in [0.29, 0.717) is 11.6 Å². The summed E-state index contributed by atoms with van der Waals surface area (Å²) in [6.07, 6.45) is 3.85. The van der Waals surface area contributed by atoms with Gasteiger partial charge in [-0.3, -0.25) is 0 Å². The fraction of sp³-hybridized carbons (Fsp3) is 0.133. The van der Waals surface area contributed by atoms with E-state index in [1.54, 1.807) is 0 Å². The van der Waals surface area contributed by atoms with Gasteiger partial charge in [0.05, 0.1) is 17.3 Å². The maximum atomic E-state index is 5.96. The van der Waals surface area contributed by atoms with Crippen LogP contribution >= 0.6 is 11.6 Å². The highest BCUT2D eigenvalue weighted by Gasteiger charge is 2.02. The summed E-state index contributed by atoms with van der Waals surface area (Å²) in [5.74, 6) is 0. The van der Waals surface area contributed by atoms with Crippen molar-refractivity contribution in [2.24, 2.45) is 0 Å². The van der Waals surface area contributed by atoms with Gasteiger partial charge in [-0.05, 0) is 30.7 Å². The molecule has 1 N–H and O–H groups in total. The molecule has 3 rings (SSSR count). The van der Waals surface area contributed by atoms with Gasteiger partial charge in [-0.2, -0.15) is 0 Å². The molecular formula is C15H14ClN3. The molecule has 2 aromatic heterocycles. The molecule has 0 saturated carbocycles. The van der Waals surface area contributed by atoms with Gasteiger partial charge in [0, 0.05) is 18.1 Å². The highest BCUT2D eigenvalue weighted by atomic mass is 35.5. The fourth-order valence-electron chi connectivity index (χ4n) is 2.06. The van der Waals surface area contributed by atoms with Crippen molar-refractivity contribution in [3.63, 3.8) is 0 Å². The Morgan fingerprint density at radius 3 is 2.84 bits per heavy atom. The van der Waals surface area contributed by atoms with E-state index >= 15 is 0 Å². The average Bonchev–Trinajstić information content (AvgIpc) is 2.79. The molecule has 96 valence electrons. The summed E-state index contributed by atoms with van der Waals surface area (Å²) >= 11 is 5.96. The number of benzene rings is 1. The van der Waals surface area contributed by atoms with E-state index < -0.39 is 0 Å². The highest BCUT2D eigenvalue weighted by molar-refractivity contribution is 6.30. The topological polar surface area (TPSA) is 29.3 Å². The molecule has 0 unspecified atom stereocenters. The maximum Gasteiger partial charge on any atom is 0.137 e. The van der Waals surface area contributed by atoms with E-state index in [9.17, 15) is 0 Å². The molecule has 2 heterocycles. The van der Waals surface area contributed by atoms with E-state index in [1.165, 1.54) is 5.56 Å².